The Morgan fingerprint density at radius 3 is 2.22 bits per heavy atom. The molecule has 1 aromatic rings. The van der Waals surface area contributed by atoms with Gasteiger partial charge in [0.2, 0.25) is 11.8 Å². The minimum Gasteiger partial charge on any atom is -0.414 e. The maximum Gasteiger partial charge on any atom is 0.351 e. The molecule has 2 N–H and O–H groups in total. The summed E-state index contributed by atoms with van der Waals surface area (Å²) in [6, 6.07) is 3.84. The first-order chi connectivity index (χ1) is 21.3. The van der Waals surface area contributed by atoms with E-state index in [2.05, 4.69) is 77.1 Å². The number of ether oxygens (including phenoxy) is 1. The minimum absolute atomic E-state index is 0.0204. The third-order valence-corrected chi connectivity index (χ3v) is 19.5. The van der Waals surface area contributed by atoms with Crippen LogP contribution in [-0.4, -0.2) is 88.4 Å². The van der Waals surface area contributed by atoms with E-state index < -0.39 is 53.1 Å². The topological polar surface area (TPSA) is 157 Å². The number of nitrogens with one attached hydrogen (secondary N) is 2. The summed E-state index contributed by atoms with van der Waals surface area (Å²) in [5.74, 6) is -1.25. The lowest BCUT2D eigenvalue weighted by Gasteiger charge is -2.51. The van der Waals surface area contributed by atoms with Gasteiger partial charge in [0.1, 0.15) is 17.8 Å². The van der Waals surface area contributed by atoms with Crippen molar-refractivity contribution in [1.29, 1.82) is 5.26 Å². The average Bonchev–Trinajstić information content (AvgIpc) is 3.31. The van der Waals surface area contributed by atoms with Gasteiger partial charge < -0.3 is 33.2 Å². The highest BCUT2D eigenvalue weighted by atomic mass is 28.5. The van der Waals surface area contributed by atoms with E-state index in [0.717, 1.165) is 13.1 Å². The first-order valence-corrected chi connectivity index (χ1v) is 20.1. The second-order valence-corrected chi connectivity index (χ2v) is 22.3. The van der Waals surface area contributed by atoms with E-state index in [1.165, 1.54) is 16.8 Å². The fourth-order valence-corrected chi connectivity index (χ4v) is 17.9. The molecule has 0 aliphatic carbocycles. The van der Waals surface area contributed by atoms with Crippen molar-refractivity contribution in [3.63, 3.8) is 0 Å². The van der Waals surface area contributed by atoms with Crippen molar-refractivity contribution in [3.8, 4) is 6.07 Å². The lowest BCUT2D eigenvalue weighted by atomic mass is 10.0. The summed E-state index contributed by atoms with van der Waals surface area (Å²) >= 11 is 0. The van der Waals surface area contributed by atoms with Crippen molar-refractivity contribution in [2.75, 3.05) is 38.1 Å². The van der Waals surface area contributed by atoms with Gasteiger partial charge in [-0.05, 0) is 28.2 Å². The van der Waals surface area contributed by atoms with Crippen LogP contribution in [0.5, 0.6) is 0 Å². The summed E-state index contributed by atoms with van der Waals surface area (Å²) in [5.41, 5.74) is -0.226. The molecule has 45 heavy (non-hydrogen) atoms. The monoisotopic (exact) mass is 662 g/mol. The Morgan fingerprint density at radius 2 is 1.67 bits per heavy atom. The summed E-state index contributed by atoms with van der Waals surface area (Å²) in [4.78, 5) is 44.0. The number of aromatic nitrogens is 2. The van der Waals surface area contributed by atoms with Crippen LogP contribution in [0, 0.1) is 17.2 Å². The van der Waals surface area contributed by atoms with E-state index in [-0.39, 0.29) is 53.3 Å². The van der Waals surface area contributed by atoms with Gasteiger partial charge in [-0.3, -0.25) is 14.2 Å². The van der Waals surface area contributed by atoms with Crippen LogP contribution in [0.3, 0.4) is 0 Å². The van der Waals surface area contributed by atoms with Crippen molar-refractivity contribution in [1.82, 2.24) is 19.8 Å². The maximum atomic E-state index is 13.3. The molecule has 0 bridgehead atoms. The smallest absolute Gasteiger partial charge is 0.351 e. The highest BCUT2D eigenvalue weighted by molar-refractivity contribution is 6.84. The zero-order valence-corrected chi connectivity index (χ0v) is 29.9. The molecule has 0 spiro atoms. The van der Waals surface area contributed by atoms with E-state index in [4.69, 9.17) is 17.7 Å². The van der Waals surface area contributed by atoms with E-state index in [1.807, 2.05) is 0 Å². The number of anilines is 1. The number of hydrogen-bond acceptors (Lipinski definition) is 10. The van der Waals surface area contributed by atoms with Gasteiger partial charge in [-0.15, -0.1) is 0 Å². The maximum absolute atomic E-state index is 13.3. The molecule has 2 amide bonds. The highest BCUT2D eigenvalue weighted by Crippen LogP contribution is 2.49. The van der Waals surface area contributed by atoms with Crippen molar-refractivity contribution < 1.29 is 27.3 Å². The number of carbonyl (C=O) groups excluding carboxylic acids is 2. The van der Waals surface area contributed by atoms with E-state index in [0.29, 0.717) is 13.1 Å². The quantitative estimate of drug-likeness (QED) is 0.376. The number of carbonyl (C=O) groups is 2. The molecular weight excluding hydrogens is 613 g/mol. The number of amides is 2. The van der Waals surface area contributed by atoms with Crippen LogP contribution >= 0.6 is 0 Å². The van der Waals surface area contributed by atoms with Gasteiger partial charge in [0.05, 0.1) is 18.8 Å². The van der Waals surface area contributed by atoms with E-state index in [1.54, 1.807) is 4.90 Å². The normalized spacial score (nSPS) is 26.4. The number of rotatable bonds is 9. The van der Waals surface area contributed by atoms with Crippen molar-refractivity contribution in [2.24, 2.45) is 5.92 Å². The van der Waals surface area contributed by atoms with Gasteiger partial charge in [0, 0.05) is 45.2 Å². The fraction of sp³-hybridized carbons (Fsp3) is 0.767. The van der Waals surface area contributed by atoms with Gasteiger partial charge >= 0.3 is 22.8 Å². The Balaban J connectivity index is 1.54. The largest absolute Gasteiger partial charge is 0.414 e. The molecule has 4 heterocycles. The van der Waals surface area contributed by atoms with E-state index >= 15 is 0 Å². The summed E-state index contributed by atoms with van der Waals surface area (Å²) in [6.45, 7) is 19.9. The number of nitriles is 1. The Labute approximate surface area is 268 Å². The second kappa shape index (κ2) is 14.5. The fourth-order valence-electron chi connectivity index (χ4n) is 6.71. The molecule has 4 atom stereocenters. The Bertz CT molecular complexity index is 1290. The molecule has 3 aliphatic rings. The zero-order valence-electron chi connectivity index (χ0n) is 27.9. The molecule has 13 nitrogen and oxygen atoms in total. The van der Waals surface area contributed by atoms with E-state index in [9.17, 15) is 19.6 Å². The minimum atomic E-state index is -3.00. The standard InChI is InChI=1S/C30H50N6O7Si2/c1-19(2)44(20(3)4)40-18-24-28(42-45(43-44,21(5)6)22(7)8)23(17-31)29(41-24)36-14-11-25(34-30(36)39)33-26(37)9-10-27(38)35-15-12-32-13-16-35/h11,14,19-24,28-29,32H,9-10,12-13,15-16,18H2,1-8H3,(H,33,34,37,39)/t23-,24+,28-,29+/m0/s1. The molecule has 15 heteroatoms. The van der Waals surface area contributed by atoms with Gasteiger partial charge in [0.15, 0.2) is 6.23 Å². The molecule has 0 saturated carbocycles. The Kier molecular flexibility index (Phi) is 11.4. The summed E-state index contributed by atoms with van der Waals surface area (Å²) in [7, 11) is -5.81. The number of fused-ring (bicyclic) bond motifs is 1. The predicted molar refractivity (Wildman–Crippen MR) is 173 cm³/mol. The number of nitrogens with zero attached hydrogens (tertiary/aromatic N) is 4. The summed E-state index contributed by atoms with van der Waals surface area (Å²) in [5, 5.41) is 16.2. The van der Waals surface area contributed by atoms with Crippen molar-refractivity contribution in [3.05, 3.63) is 22.7 Å². The van der Waals surface area contributed by atoms with Crippen LogP contribution in [0.4, 0.5) is 5.82 Å². The number of piperazine rings is 1. The lowest BCUT2D eigenvalue weighted by Crippen LogP contribution is -2.65. The Hall–Kier alpha value is -2.46. The second-order valence-electron chi connectivity index (χ2n) is 13.5. The molecule has 250 valence electrons. The van der Waals surface area contributed by atoms with Gasteiger partial charge in [-0.25, -0.2) is 4.79 Å². The molecule has 0 unspecified atom stereocenters. The van der Waals surface area contributed by atoms with Crippen LogP contribution in [0.2, 0.25) is 22.2 Å². The molecule has 4 rings (SSSR count). The van der Waals surface area contributed by atoms with Crippen molar-refractivity contribution >= 4 is 34.8 Å². The molecule has 3 aliphatic heterocycles. The van der Waals surface area contributed by atoms with Crippen LogP contribution in [-0.2, 0) is 27.3 Å². The molecule has 3 saturated heterocycles. The highest BCUT2D eigenvalue weighted by Gasteiger charge is 2.62. The zero-order chi connectivity index (χ0) is 33.1. The third-order valence-electron chi connectivity index (χ3n) is 9.23. The van der Waals surface area contributed by atoms with Crippen LogP contribution < -0.4 is 16.3 Å². The van der Waals surface area contributed by atoms with Crippen molar-refractivity contribution in [2.45, 2.75) is 109 Å². The Morgan fingerprint density at radius 1 is 1.04 bits per heavy atom. The van der Waals surface area contributed by atoms with Gasteiger partial charge in [-0.1, -0.05) is 55.4 Å². The predicted octanol–water partition coefficient (Wildman–Crippen LogP) is 3.39. The molecule has 0 aromatic carbocycles. The summed E-state index contributed by atoms with van der Waals surface area (Å²) < 4.78 is 28.7. The molecule has 0 radical (unpaired) electrons. The van der Waals surface area contributed by atoms with Crippen LogP contribution in [0.1, 0.15) is 74.5 Å². The van der Waals surface area contributed by atoms with Crippen LogP contribution in [0.25, 0.3) is 0 Å². The number of hydrogen-bond donors (Lipinski definition) is 2. The average molecular weight is 663 g/mol. The third kappa shape index (κ3) is 7.27. The SMILES string of the molecule is CC(C)[Si]1(C(C)C)OC[C@H]2O[C@@H](n3ccc(NC(=O)CCC(=O)N4CCNCC4)nc3=O)[C@@H](C#N)[C@@H]2O[Si](C(C)C)(C(C)C)O1. The van der Waals surface area contributed by atoms with Gasteiger partial charge in [0.25, 0.3) is 0 Å². The van der Waals surface area contributed by atoms with Gasteiger partial charge in [-0.2, -0.15) is 10.2 Å². The molecule has 1 aromatic heterocycles. The molecule has 3 fully saturated rings. The summed E-state index contributed by atoms with van der Waals surface area (Å²) in [6.07, 6.45) is -0.688. The first-order valence-electron chi connectivity index (χ1n) is 16.2. The lowest BCUT2D eigenvalue weighted by molar-refractivity contribution is -0.133. The molecular formula is C30H50N6O7Si2. The van der Waals surface area contributed by atoms with Crippen LogP contribution in [0.15, 0.2) is 17.1 Å². The first kappa shape index (κ1) is 35.4.